The van der Waals surface area contributed by atoms with Gasteiger partial charge >= 0.3 is 0 Å². The van der Waals surface area contributed by atoms with E-state index in [-0.39, 0.29) is 35.8 Å². The average molecular weight is 544 g/mol. The maximum absolute atomic E-state index is 15.5. The van der Waals surface area contributed by atoms with Crippen molar-refractivity contribution in [3.63, 3.8) is 0 Å². The molecule has 4 heterocycles. The lowest BCUT2D eigenvalue weighted by atomic mass is 10.0. The van der Waals surface area contributed by atoms with Gasteiger partial charge in [-0.25, -0.2) is 19.0 Å². The highest BCUT2D eigenvalue weighted by Gasteiger charge is 2.28. The molecular weight excluding hydrogens is 517 g/mol. The zero-order valence-electron chi connectivity index (χ0n) is 21.5. The summed E-state index contributed by atoms with van der Waals surface area (Å²) in [4.78, 5) is 35.1. The van der Waals surface area contributed by atoms with Crippen LogP contribution in [0.4, 0.5) is 15.9 Å². The molecule has 1 aliphatic heterocycles. The summed E-state index contributed by atoms with van der Waals surface area (Å²) in [7, 11) is 0. The third kappa shape index (κ3) is 4.32. The molecule has 4 N–H and O–H groups in total. The number of amides is 1. The van der Waals surface area contributed by atoms with Gasteiger partial charge in [-0.05, 0) is 37.3 Å². The van der Waals surface area contributed by atoms with E-state index < -0.39 is 23.4 Å². The van der Waals surface area contributed by atoms with Crippen molar-refractivity contribution < 1.29 is 19.0 Å². The number of aliphatic hydroxyl groups is 1. The van der Waals surface area contributed by atoms with Gasteiger partial charge in [0.15, 0.2) is 0 Å². The Hall–Kier alpha value is -4.81. The first-order valence-corrected chi connectivity index (χ1v) is 12.7. The van der Waals surface area contributed by atoms with Crippen LogP contribution in [0.3, 0.4) is 0 Å². The van der Waals surface area contributed by atoms with E-state index >= 15 is 4.39 Å². The molecule has 3 aromatic heterocycles. The molecule has 40 heavy (non-hydrogen) atoms. The fourth-order valence-electron chi connectivity index (χ4n) is 5.12. The number of nitrogens with zero attached hydrogens (tertiary/aromatic N) is 5. The Morgan fingerprint density at radius 1 is 1.20 bits per heavy atom. The van der Waals surface area contributed by atoms with Crippen molar-refractivity contribution >= 4 is 28.4 Å². The fraction of sp³-hybridized carbons (Fsp3) is 0.214. The second-order valence-corrected chi connectivity index (χ2v) is 9.60. The molecule has 0 bridgehead atoms. The third-order valence-corrected chi connectivity index (χ3v) is 6.82. The molecule has 0 radical (unpaired) electrons. The Bertz CT molecular complexity index is 1810. The number of aliphatic hydroxyl groups excluding tert-OH is 1. The number of carbonyl (C=O) groups is 1. The highest BCUT2D eigenvalue weighted by Crippen LogP contribution is 2.35. The predicted octanol–water partition coefficient (Wildman–Crippen LogP) is 2.94. The van der Waals surface area contributed by atoms with Crippen molar-refractivity contribution in [2.24, 2.45) is 0 Å². The van der Waals surface area contributed by atoms with Gasteiger partial charge < -0.3 is 25.5 Å². The largest absolute Gasteiger partial charge is 0.392 e. The number of carbonyl (C=O) groups excluding carboxylic acids is 1. The van der Waals surface area contributed by atoms with E-state index in [2.05, 4.69) is 15.3 Å². The predicted molar refractivity (Wildman–Crippen MR) is 147 cm³/mol. The molecule has 12 heteroatoms. The molecule has 5 aromatic rings. The second-order valence-electron chi connectivity index (χ2n) is 9.60. The maximum atomic E-state index is 15.5. The third-order valence-electron chi connectivity index (χ3n) is 6.82. The zero-order valence-corrected chi connectivity index (χ0v) is 21.5. The minimum absolute atomic E-state index is 0.0563. The molecule has 0 aliphatic carbocycles. The summed E-state index contributed by atoms with van der Waals surface area (Å²) in [5.74, 6) is -1.11. The molecular formula is C28H26FN7O4. The number of hydrogen-bond donors (Lipinski definition) is 3. The van der Waals surface area contributed by atoms with Gasteiger partial charge in [-0.15, -0.1) is 0 Å². The molecule has 0 saturated heterocycles. The number of nitrogens with one attached hydrogen (secondary N) is 1. The summed E-state index contributed by atoms with van der Waals surface area (Å²) in [5, 5.41) is 13.0. The lowest BCUT2D eigenvalue weighted by Crippen LogP contribution is -2.26. The highest BCUT2D eigenvalue weighted by molar-refractivity contribution is 6.05. The molecule has 2 aromatic carbocycles. The van der Waals surface area contributed by atoms with Gasteiger partial charge in [-0.1, -0.05) is 18.2 Å². The van der Waals surface area contributed by atoms with Crippen LogP contribution in [0, 0.1) is 5.82 Å². The molecule has 6 rings (SSSR count). The number of nitrogens with two attached hydrogens (primary N) is 1. The topological polar surface area (TPSA) is 142 Å². The Morgan fingerprint density at radius 2 is 2.00 bits per heavy atom. The van der Waals surface area contributed by atoms with Crippen molar-refractivity contribution in [1.82, 2.24) is 23.9 Å². The quantitative estimate of drug-likeness (QED) is 0.299. The molecule has 204 valence electrons. The van der Waals surface area contributed by atoms with Crippen LogP contribution in [0.15, 0.2) is 65.8 Å². The standard InChI is InChI=1S/C28H26FN7O4/c1-16(37)12-34-13-20(23-25(30)31-15-32-26(23)34)19-8-7-17(11-21(19)29)33-27(38)24-22-14-40-10-9-35(22)36(28(24)39)18-5-3-2-4-6-18/h2-8,11,13,15-16,37H,9-10,12,14H2,1H3,(H,33,38)(H2,30,31,32)/t16-/m0/s1. The number of anilines is 2. The van der Waals surface area contributed by atoms with Crippen LogP contribution in [-0.4, -0.2) is 47.6 Å². The zero-order chi connectivity index (χ0) is 28.0. The molecule has 0 saturated carbocycles. The number of hydrogen-bond acceptors (Lipinski definition) is 7. The maximum Gasteiger partial charge on any atom is 0.284 e. The fourth-order valence-corrected chi connectivity index (χ4v) is 5.12. The van der Waals surface area contributed by atoms with Gasteiger partial charge in [0, 0.05) is 29.6 Å². The summed E-state index contributed by atoms with van der Waals surface area (Å²) in [6, 6.07) is 13.3. The Kier molecular flexibility index (Phi) is 6.40. The molecule has 1 amide bonds. The molecule has 0 fully saturated rings. The van der Waals surface area contributed by atoms with Gasteiger partial charge in [0.1, 0.15) is 29.2 Å². The average Bonchev–Trinajstić information content (AvgIpc) is 3.44. The van der Waals surface area contributed by atoms with Crippen LogP contribution in [0.2, 0.25) is 0 Å². The van der Waals surface area contributed by atoms with Crippen LogP contribution < -0.4 is 16.6 Å². The highest BCUT2D eigenvalue weighted by atomic mass is 19.1. The Morgan fingerprint density at radius 3 is 2.75 bits per heavy atom. The van der Waals surface area contributed by atoms with E-state index in [1.54, 1.807) is 40.6 Å². The molecule has 0 spiro atoms. The Balaban J connectivity index is 1.35. The Labute approximate surface area is 227 Å². The SMILES string of the molecule is C[C@H](O)Cn1cc(-c2ccc(NC(=O)c3c4n(n(-c5ccccc5)c3=O)CCOC4)cc2F)c2c(N)ncnc21. The van der Waals surface area contributed by atoms with Crippen molar-refractivity contribution in [1.29, 1.82) is 0 Å². The van der Waals surface area contributed by atoms with Crippen molar-refractivity contribution in [3.8, 4) is 16.8 Å². The summed E-state index contributed by atoms with van der Waals surface area (Å²) in [5.41, 5.74) is 7.96. The summed E-state index contributed by atoms with van der Waals surface area (Å²) < 4.78 is 26.0. The number of nitrogen functional groups attached to an aromatic ring is 1. The summed E-state index contributed by atoms with van der Waals surface area (Å²) >= 11 is 0. The van der Waals surface area contributed by atoms with E-state index in [1.807, 2.05) is 18.2 Å². The number of halogens is 1. The minimum Gasteiger partial charge on any atom is -0.392 e. The first kappa shape index (κ1) is 25.5. The number of aromatic nitrogens is 5. The van der Waals surface area contributed by atoms with Gasteiger partial charge in [-0.3, -0.25) is 14.3 Å². The van der Waals surface area contributed by atoms with Crippen LogP contribution in [-0.2, 0) is 24.4 Å². The number of benzene rings is 2. The van der Waals surface area contributed by atoms with Crippen LogP contribution in [0.1, 0.15) is 23.0 Å². The van der Waals surface area contributed by atoms with Crippen LogP contribution in [0.5, 0.6) is 0 Å². The minimum atomic E-state index is -0.668. The summed E-state index contributed by atoms with van der Waals surface area (Å²) in [6.07, 6.45) is 2.31. The number of para-hydroxylation sites is 1. The first-order valence-electron chi connectivity index (χ1n) is 12.7. The molecule has 1 aliphatic rings. The lowest BCUT2D eigenvalue weighted by Gasteiger charge is -2.19. The van der Waals surface area contributed by atoms with E-state index in [9.17, 15) is 14.7 Å². The van der Waals surface area contributed by atoms with Crippen molar-refractivity contribution in [2.45, 2.75) is 32.7 Å². The van der Waals surface area contributed by atoms with Gasteiger partial charge in [-0.2, -0.15) is 0 Å². The van der Waals surface area contributed by atoms with E-state index in [0.29, 0.717) is 41.1 Å². The first-order chi connectivity index (χ1) is 19.3. The van der Waals surface area contributed by atoms with Crippen molar-refractivity contribution in [3.05, 3.63) is 88.5 Å². The van der Waals surface area contributed by atoms with Gasteiger partial charge in [0.05, 0.1) is 42.6 Å². The molecule has 0 unspecified atom stereocenters. The van der Waals surface area contributed by atoms with Gasteiger partial charge in [0.2, 0.25) is 0 Å². The van der Waals surface area contributed by atoms with Crippen LogP contribution in [0.25, 0.3) is 27.8 Å². The van der Waals surface area contributed by atoms with E-state index in [4.69, 9.17) is 10.5 Å². The molecule has 11 nitrogen and oxygen atoms in total. The molecule has 1 atom stereocenters. The van der Waals surface area contributed by atoms with E-state index in [0.717, 1.165) is 0 Å². The van der Waals surface area contributed by atoms with E-state index in [1.165, 1.54) is 23.1 Å². The van der Waals surface area contributed by atoms with Crippen molar-refractivity contribution in [2.75, 3.05) is 17.7 Å². The van der Waals surface area contributed by atoms with Gasteiger partial charge in [0.25, 0.3) is 11.5 Å². The smallest absolute Gasteiger partial charge is 0.284 e. The summed E-state index contributed by atoms with van der Waals surface area (Å²) in [6.45, 7) is 2.79. The number of rotatable bonds is 6. The monoisotopic (exact) mass is 543 g/mol. The number of ether oxygens (including phenoxy) is 1. The van der Waals surface area contributed by atoms with Crippen LogP contribution >= 0.6 is 0 Å². The normalized spacial score (nSPS) is 13.8. The lowest BCUT2D eigenvalue weighted by molar-refractivity contribution is 0.0756. The second kappa shape index (κ2) is 10.1. The number of fused-ring (bicyclic) bond motifs is 2.